The van der Waals surface area contributed by atoms with Gasteiger partial charge < -0.3 is 10.5 Å². The first kappa shape index (κ1) is 12.8. The molecular formula is C13H12ClFN2O. The molecule has 0 saturated heterocycles. The summed E-state index contributed by atoms with van der Waals surface area (Å²) in [4.78, 5) is 4.04. The van der Waals surface area contributed by atoms with E-state index in [1.807, 2.05) is 0 Å². The quantitative estimate of drug-likeness (QED) is 0.926. The van der Waals surface area contributed by atoms with Gasteiger partial charge in [-0.3, -0.25) is 0 Å². The molecule has 0 unspecified atom stereocenters. The van der Waals surface area contributed by atoms with E-state index in [9.17, 15) is 4.39 Å². The molecular weight excluding hydrogens is 255 g/mol. The molecule has 2 aromatic rings. The van der Waals surface area contributed by atoms with E-state index in [2.05, 4.69) is 4.98 Å². The molecule has 0 atom stereocenters. The Morgan fingerprint density at radius 1 is 1.33 bits per heavy atom. The van der Waals surface area contributed by atoms with Gasteiger partial charge in [-0.15, -0.1) is 0 Å². The van der Waals surface area contributed by atoms with Crippen molar-refractivity contribution in [3.63, 3.8) is 0 Å². The van der Waals surface area contributed by atoms with Crippen molar-refractivity contribution in [1.82, 2.24) is 4.98 Å². The highest BCUT2D eigenvalue weighted by Gasteiger charge is 2.06. The van der Waals surface area contributed by atoms with E-state index < -0.39 is 0 Å². The van der Waals surface area contributed by atoms with Crippen molar-refractivity contribution < 1.29 is 9.13 Å². The second-order valence-corrected chi connectivity index (χ2v) is 4.12. The molecule has 3 nitrogen and oxygen atoms in total. The van der Waals surface area contributed by atoms with Gasteiger partial charge >= 0.3 is 0 Å². The van der Waals surface area contributed by atoms with Gasteiger partial charge in [0.05, 0.1) is 0 Å². The minimum atomic E-state index is -0.313. The molecule has 18 heavy (non-hydrogen) atoms. The summed E-state index contributed by atoms with van der Waals surface area (Å²) in [6, 6.07) is 8.09. The third-order valence-corrected chi connectivity index (χ3v) is 2.69. The lowest BCUT2D eigenvalue weighted by atomic mass is 10.2. The lowest BCUT2D eigenvalue weighted by molar-refractivity contribution is 0.288. The van der Waals surface area contributed by atoms with Gasteiger partial charge in [-0.25, -0.2) is 9.37 Å². The maximum atomic E-state index is 13.4. The molecule has 2 N–H and O–H groups in total. The smallest absolute Gasteiger partial charge is 0.232 e. The van der Waals surface area contributed by atoms with Crippen LogP contribution in [-0.2, 0) is 13.2 Å². The van der Waals surface area contributed by atoms with Crippen LogP contribution in [0, 0.1) is 5.82 Å². The molecule has 5 heteroatoms. The average molecular weight is 267 g/mol. The highest BCUT2D eigenvalue weighted by Crippen LogP contribution is 2.23. The fraction of sp³-hybridized carbons (Fsp3) is 0.154. The van der Waals surface area contributed by atoms with E-state index in [0.717, 1.165) is 5.56 Å². The summed E-state index contributed by atoms with van der Waals surface area (Å²) in [5.74, 6) is -0.0377. The highest BCUT2D eigenvalue weighted by molar-refractivity contribution is 6.31. The summed E-state index contributed by atoms with van der Waals surface area (Å²) in [7, 11) is 0. The van der Waals surface area contributed by atoms with Crippen LogP contribution < -0.4 is 10.5 Å². The third-order valence-electron chi connectivity index (χ3n) is 2.42. The molecule has 0 aliphatic heterocycles. The minimum absolute atomic E-state index is 0.0847. The Morgan fingerprint density at radius 3 is 2.78 bits per heavy atom. The number of rotatable bonds is 4. The topological polar surface area (TPSA) is 48.1 Å². The first-order chi connectivity index (χ1) is 8.70. The molecule has 1 aromatic heterocycles. The number of benzene rings is 1. The Balaban J connectivity index is 2.09. The van der Waals surface area contributed by atoms with Crippen LogP contribution in [0.2, 0.25) is 5.02 Å². The number of ether oxygens (including phenoxy) is 1. The Hall–Kier alpha value is -1.65. The highest BCUT2D eigenvalue weighted by atomic mass is 35.5. The Kier molecular flexibility index (Phi) is 4.12. The molecule has 0 bridgehead atoms. The first-order valence-corrected chi connectivity index (χ1v) is 5.79. The van der Waals surface area contributed by atoms with E-state index in [0.29, 0.717) is 17.1 Å². The fourth-order valence-electron chi connectivity index (χ4n) is 1.44. The number of nitrogens with two attached hydrogens (primary N) is 1. The molecule has 2 rings (SSSR count). The van der Waals surface area contributed by atoms with Crippen LogP contribution in [0.15, 0.2) is 36.5 Å². The number of pyridine rings is 1. The van der Waals surface area contributed by atoms with Gasteiger partial charge in [-0.05, 0) is 17.7 Å². The Bertz CT molecular complexity index is 548. The summed E-state index contributed by atoms with van der Waals surface area (Å²) < 4.78 is 18.7. The van der Waals surface area contributed by atoms with Crippen LogP contribution in [0.1, 0.15) is 11.1 Å². The Morgan fingerprint density at radius 2 is 2.11 bits per heavy atom. The number of hydrogen-bond donors (Lipinski definition) is 1. The van der Waals surface area contributed by atoms with E-state index in [1.165, 1.54) is 6.07 Å². The predicted molar refractivity (Wildman–Crippen MR) is 67.9 cm³/mol. The zero-order valence-electron chi connectivity index (χ0n) is 9.57. The molecule has 0 saturated carbocycles. The minimum Gasteiger partial charge on any atom is -0.472 e. The lowest BCUT2D eigenvalue weighted by Crippen LogP contribution is -2.02. The van der Waals surface area contributed by atoms with Gasteiger partial charge in [0.25, 0.3) is 0 Å². The van der Waals surface area contributed by atoms with Crippen molar-refractivity contribution in [2.24, 2.45) is 5.73 Å². The second kappa shape index (κ2) is 5.80. The molecule has 0 spiro atoms. The average Bonchev–Trinajstić information content (AvgIpc) is 2.39. The third kappa shape index (κ3) is 2.97. The largest absolute Gasteiger partial charge is 0.472 e. The van der Waals surface area contributed by atoms with Gasteiger partial charge in [0, 0.05) is 18.3 Å². The molecule has 0 aliphatic rings. The first-order valence-electron chi connectivity index (χ1n) is 5.41. The van der Waals surface area contributed by atoms with Gasteiger partial charge in [-0.2, -0.15) is 0 Å². The fourth-order valence-corrected chi connectivity index (χ4v) is 1.69. The normalized spacial score (nSPS) is 10.4. The van der Waals surface area contributed by atoms with E-state index in [-0.39, 0.29) is 18.3 Å². The molecule has 94 valence electrons. The zero-order valence-corrected chi connectivity index (χ0v) is 10.3. The molecule has 1 heterocycles. The van der Waals surface area contributed by atoms with Crippen molar-refractivity contribution in [1.29, 1.82) is 0 Å². The Labute approximate surface area is 109 Å². The van der Waals surface area contributed by atoms with Crippen molar-refractivity contribution in [3.05, 3.63) is 58.5 Å². The summed E-state index contributed by atoms with van der Waals surface area (Å²) >= 11 is 5.98. The van der Waals surface area contributed by atoms with Crippen LogP contribution in [0.4, 0.5) is 4.39 Å². The van der Waals surface area contributed by atoms with Gasteiger partial charge in [0.15, 0.2) is 0 Å². The molecule has 0 radical (unpaired) electrons. The number of hydrogen-bond acceptors (Lipinski definition) is 3. The van der Waals surface area contributed by atoms with E-state index in [1.54, 1.807) is 30.5 Å². The van der Waals surface area contributed by atoms with Crippen molar-refractivity contribution in [3.8, 4) is 5.88 Å². The zero-order chi connectivity index (χ0) is 13.0. The van der Waals surface area contributed by atoms with E-state index in [4.69, 9.17) is 22.1 Å². The lowest BCUT2D eigenvalue weighted by Gasteiger charge is -2.08. The van der Waals surface area contributed by atoms with E-state index >= 15 is 0 Å². The predicted octanol–water partition coefficient (Wildman–Crippen LogP) is 2.91. The van der Waals surface area contributed by atoms with Gasteiger partial charge in [0.1, 0.15) is 17.4 Å². The van der Waals surface area contributed by atoms with Crippen molar-refractivity contribution in [2.75, 3.05) is 0 Å². The number of nitrogens with zero attached hydrogens (tertiary/aromatic N) is 1. The molecule has 0 fully saturated rings. The standard InChI is InChI=1S/C13H12ClFN2O/c14-11-5-9(6-16)7-17-13(11)18-8-10-3-1-2-4-12(10)15/h1-5,7H,6,8,16H2. The van der Waals surface area contributed by atoms with Crippen molar-refractivity contribution in [2.45, 2.75) is 13.2 Å². The van der Waals surface area contributed by atoms with Crippen LogP contribution in [-0.4, -0.2) is 4.98 Å². The molecule has 0 amide bonds. The van der Waals surface area contributed by atoms with Crippen LogP contribution in [0.25, 0.3) is 0 Å². The van der Waals surface area contributed by atoms with Crippen LogP contribution >= 0.6 is 11.6 Å². The summed E-state index contributed by atoms with van der Waals surface area (Å²) in [5.41, 5.74) is 6.74. The second-order valence-electron chi connectivity index (χ2n) is 3.71. The number of aromatic nitrogens is 1. The van der Waals surface area contributed by atoms with Gasteiger partial charge in [-0.1, -0.05) is 29.8 Å². The monoisotopic (exact) mass is 266 g/mol. The SMILES string of the molecule is NCc1cnc(OCc2ccccc2F)c(Cl)c1. The summed E-state index contributed by atoms with van der Waals surface area (Å²) in [6.07, 6.45) is 1.59. The van der Waals surface area contributed by atoms with Crippen LogP contribution in [0.3, 0.4) is 0 Å². The maximum Gasteiger partial charge on any atom is 0.232 e. The summed E-state index contributed by atoms with van der Waals surface area (Å²) in [5, 5.41) is 0.370. The van der Waals surface area contributed by atoms with Crippen LogP contribution in [0.5, 0.6) is 5.88 Å². The maximum absolute atomic E-state index is 13.4. The molecule has 0 aliphatic carbocycles. The molecule has 1 aromatic carbocycles. The number of halogens is 2. The van der Waals surface area contributed by atoms with Gasteiger partial charge in [0.2, 0.25) is 5.88 Å². The van der Waals surface area contributed by atoms with Crippen molar-refractivity contribution >= 4 is 11.6 Å². The summed E-state index contributed by atoms with van der Waals surface area (Å²) in [6.45, 7) is 0.446.